The van der Waals surface area contributed by atoms with Crippen molar-refractivity contribution in [1.29, 1.82) is 5.41 Å². The van der Waals surface area contributed by atoms with E-state index in [1.807, 2.05) is 5.32 Å². The zero-order chi connectivity index (χ0) is 5.86. The van der Waals surface area contributed by atoms with Crippen molar-refractivity contribution in [1.82, 2.24) is 5.32 Å². The minimum absolute atomic E-state index is 0.375. The molecule has 0 saturated heterocycles. The van der Waals surface area contributed by atoms with Gasteiger partial charge in [-0.25, -0.2) is 0 Å². The molecule has 0 fully saturated rings. The van der Waals surface area contributed by atoms with Crippen LogP contribution in [0.4, 0.5) is 0 Å². The lowest BCUT2D eigenvalue weighted by molar-refractivity contribution is -0.115. The minimum Gasteiger partial charge on any atom is -0.370 e. The molecule has 0 saturated carbocycles. The first-order valence-corrected chi connectivity index (χ1v) is 1.60. The Labute approximate surface area is 41.2 Å². The molecule has 0 atom stereocenters. The molecular formula is C3H6N3O. The van der Waals surface area contributed by atoms with Crippen molar-refractivity contribution in [2.75, 3.05) is 0 Å². The molecule has 0 aromatic rings. The van der Waals surface area contributed by atoms with Crippen molar-refractivity contribution in [2.24, 2.45) is 5.73 Å². The SMILES string of the molecule is [CH2]C(=O)NC(=N)N. The molecule has 4 heteroatoms. The first-order valence-electron chi connectivity index (χ1n) is 1.60. The van der Waals surface area contributed by atoms with Crippen molar-refractivity contribution in [3.8, 4) is 0 Å². The average Bonchev–Trinajstić information content (AvgIpc) is 1.27. The van der Waals surface area contributed by atoms with Gasteiger partial charge in [0.15, 0.2) is 5.96 Å². The van der Waals surface area contributed by atoms with Gasteiger partial charge in [0, 0.05) is 6.92 Å². The maximum Gasteiger partial charge on any atom is 0.227 e. The fraction of sp³-hybridized carbons (Fsp3) is 0. The van der Waals surface area contributed by atoms with Gasteiger partial charge in [-0.2, -0.15) is 0 Å². The first-order chi connectivity index (χ1) is 3.13. The number of hydrogen-bond donors (Lipinski definition) is 3. The van der Waals surface area contributed by atoms with Gasteiger partial charge in [-0.05, 0) is 0 Å². The third-order valence-electron chi connectivity index (χ3n) is 0.274. The maximum atomic E-state index is 9.81. The van der Waals surface area contributed by atoms with Crippen LogP contribution in [0, 0.1) is 12.3 Å². The summed E-state index contributed by atoms with van der Waals surface area (Å²) in [5, 5.41) is 8.35. The van der Waals surface area contributed by atoms with E-state index in [0.717, 1.165) is 0 Å². The zero-order valence-corrected chi connectivity index (χ0v) is 3.69. The molecule has 0 unspecified atom stereocenters. The van der Waals surface area contributed by atoms with Crippen molar-refractivity contribution >= 4 is 11.9 Å². The molecule has 0 aliphatic rings. The van der Waals surface area contributed by atoms with Crippen LogP contribution in [0.5, 0.6) is 0 Å². The molecule has 0 spiro atoms. The van der Waals surface area contributed by atoms with E-state index in [2.05, 4.69) is 6.92 Å². The highest BCUT2D eigenvalue weighted by atomic mass is 16.1. The maximum absolute atomic E-state index is 9.81. The lowest BCUT2D eigenvalue weighted by Gasteiger charge is -1.91. The van der Waals surface area contributed by atoms with E-state index in [-0.39, 0.29) is 5.96 Å². The van der Waals surface area contributed by atoms with Crippen LogP contribution in [0.2, 0.25) is 0 Å². The minimum atomic E-state index is -0.562. The fourth-order valence-electron chi connectivity index (χ4n) is 0.150. The summed E-state index contributed by atoms with van der Waals surface area (Å²) in [7, 11) is 0. The number of rotatable bonds is 0. The summed E-state index contributed by atoms with van der Waals surface area (Å²) in [6.45, 7) is 2.91. The number of amides is 1. The van der Waals surface area contributed by atoms with E-state index in [1.54, 1.807) is 0 Å². The summed E-state index contributed by atoms with van der Waals surface area (Å²) in [5.41, 5.74) is 4.70. The van der Waals surface area contributed by atoms with E-state index in [9.17, 15) is 4.79 Å². The largest absolute Gasteiger partial charge is 0.370 e. The van der Waals surface area contributed by atoms with Gasteiger partial charge in [-0.15, -0.1) is 0 Å². The molecule has 4 nitrogen and oxygen atoms in total. The molecule has 7 heavy (non-hydrogen) atoms. The molecule has 0 aliphatic carbocycles. The molecular weight excluding hydrogens is 94.1 g/mol. The van der Waals surface area contributed by atoms with Gasteiger partial charge < -0.3 is 5.73 Å². The smallest absolute Gasteiger partial charge is 0.227 e. The van der Waals surface area contributed by atoms with Gasteiger partial charge in [0.25, 0.3) is 0 Å². The molecule has 0 aromatic carbocycles. The van der Waals surface area contributed by atoms with Crippen LogP contribution in [0.3, 0.4) is 0 Å². The molecule has 1 amide bonds. The third kappa shape index (κ3) is 4.94. The molecule has 0 rings (SSSR count). The molecule has 0 heterocycles. The molecule has 0 aromatic heterocycles. The summed E-state index contributed by atoms with van der Waals surface area (Å²) in [6.07, 6.45) is 0. The quantitative estimate of drug-likeness (QED) is 0.265. The summed E-state index contributed by atoms with van der Waals surface area (Å²) < 4.78 is 0. The van der Waals surface area contributed by atoms with Crippen LogP contribution in [0.1, 0.15) is 0 Å². The topological polar surface area (TPSA) is 79.0 Å². The van der Waals surface area contributed by atoms with Crippen molar-refractivity contribution < 1.29 is 4.79 Å². The molecule has 0 aliphatic heterocycles. The van der Waals surface area contributed by atoms with Crippen LogP contribution >= 0.6 is 0 Å². The summed E-state index contributed by atoms with van der Waals surface area (Å²) in [4.78, 5) is 9.81. The molecule has 39 valence electrons. The molecule has 0 bridgehead atoms. The summed E-state index contributed by atoms with van der Waals surface area (Å²) >= 11 is 0. The Morgan fingerprint density at radius 1 is 1.86 bits per heavy atom. The standard InChI is InChI=1S/C3H6N3O/c1-2(7)6-3(4)5/h1H2,(H4,4,5,6,7). The second-order valence-electron chi connectivity index (χ2n) is 0.962. The predicted molar refractivity (Wildman–Crippen MR) is 25.4 cm³/mol. The number of hydrogen-bond acceptors (Lipinski definition) is 2. The van der Waals surface area contributed by atoms with Crippen molar-refractivity contribution in [3.05, 3.63) is 6.92 Å². The molecule has 4 N–H and O–H groups in total. The highest BCUT2D eigenvalue weighted by molar-refractivity contribution is 5.96. The van der Waals surface area contributed by atoms with Crippen LogP contribution < -0.4 is 11.1 Å². The number of carbonyl (C=O) groups excluding carboxylic acids is 1. The van der Waals surface area contributed by atoms with Crippen LogP contribution in [-0.2, 0) is 4.79 Å². The Morgan fingerprint density at radius 2 is 2.29 bits per heavy atom. The zero-order valence-electron chi connectivity index (χ0n) is 3.69. The van der Waals surface area contributed by atoms with E-state index in [1.165, 1.54) is 0 Å². The van der Waals surface area contributed by atoms with Gasteiger partial charge in [0.05, 0.1) is 0 Å². The van der Waals surface area contributed by atoms with Crippen LogP contribution in [0.25, 0.3) is 0 Å². The van der Waals surface area contributed by atoms with E-state index in [4.69, 9.17) is 11.1 Å². The Kier molecular flexibility index (Phi) is 1.84. The summed E-state index contributed by atoms with van der Waals surface area (Å²) in [5.74, 6) is -0.937. The second kappa shape index (κ2) is 2.17. The second-order valence-corrected chi connectivity index (χ2v) is 0.962. The Bertz CT molecular complexity index is 86.4. The highest BCUT2D eigenvalue weighted by Gasteiger charge is 1.87. The van der Waals surface area contributed by atoms with E-state index in [0.29, 0.717) is 0 Å². The number of guanidine groups is 1. The number of carbonyl (C=O) groups is 1. The van der Waals surface area contributed by atoms with Gasteiger partial charge in [0.1, 0.15) is 0 Å². The monoisotopic (exact) mass is 100 g/mol. The van der Waals surface area contributed by atoms with E-state index >= 15 is 0 Å². The molecule has 1 radical (unpaired) electrons. The Balaban J connectivity index is 3.32. The van der Waals surface area contributed by atoms with Gasteiger partial charge in [-0.3, -0.25) is 15.5 Å². The first kappa shape index (κ1) is 5.94. The normalized spacial score (nSPS) is 7.57. The van der Waals surface area contributed by atoms with Crippen molar-refractivity contribution in [2.45, 2.75) is 0 Å². The van der Waals surface area contributed by atoms with Gasteiger partial charge in [-0.1, -0.05) is 0 Å². The van der Waals surface area contributed by atoms with E-state index < -0.39 is 5.91 Å². The summed E-state index contributed by atoms with van der Waals surface area (Å²) in [6, 6.07) is 0. The van der Waals surface area contributed by atoms with Gasteiger partial charge in [0.2, 0.25) is 5.91 Å². The van der Waals surface area contributed by atoms with Gasteiger partial charge >= 0.3 is 0 Å². The van der Waals surface area contributed by atoms with Crippen molar-refractivity contribution in [3.63, 3.8) is 0 Å². The highest BCUT2D eigenvalue weighted by Crippen LogP contribution is 1.52. The van der Waals surface area contributed by atoms with Crippen LogP contribution in [0.15, 0.2) is 0 Å². The lowest BCUT2D eigenvalue weighted by Crippen LogP contribution is -2.33. The predicted octanol–water partition coefficient (Wildman–Crippen LogP) is -1.17. The van der Waals surface area contributed by atoms with Crippen LogP contribution in [-0.4, -0.2) is 11.9 Å². The number of nitrogens with two attached hydrogens (primary N) is 1. The lowest BCUT2D eigenvalue weighted by atomic mass is 10.7. The fourth-order valence-corrected chi connectivity index (χ4v) is 0.150. The average molecular weight is 100 g/mol. The Morgan fingerprint density at radius 3 is 2.29 bits per heavy atom. The number of nitrogens with one attached hydrogen (secondary N) is 2. The Hall–Kier alpha value is -1.06. The third-order valence-corrected chi connectivity index (χ3v) is 0.274.